The highest BCUT2D eigenvalue weighted by Gasteiger charge is 2.04. The molecule has 0 atom stereocenters. The van der Waals surface area contributed by atoms with Gasteiger partial charge in [-0.05, 0) is 35.5 Å². The molecule has 1 aromatic carbocycles. The largest absolute Gasteiger partial charge is 0.295 e. The summed E-state index contributed by atoms with van der Waals surface area (Å²) in [6.45, 7) is 1.33. The predicted molar refractivity (Wildman–Crippen MR) is 47.4 cm³/mol. The Bertz CT molecular complexity index is 347. The fourth-order valence-electron chi connectivity index (χ4n) is 0.904. The average molecular weight is 178 g/mol. The van der Waals surface area contributed by atoms with E-state index < -0.39 is 0 Å². The normalized spacial score (nSPS) is 9.31. The first-order chi connectivity index (χ1) is 6.17. The molecular weight excluding hydrogens is 172 g/mol. The maximum Gasteiger partial charge on any atom is 0.159 e. The molecule has 0 heterocycles. The summed E-state index contributed by atoms with van der Waals surface area (Å²) in [5, 5.41) is 5.24. The standard InChI is InChI=1S/C8H6N2O3/c1-5(11)6-2-7(9-12)4-8(3-6)10-13/h2-4H,1H3. The molecule has 0 aliphatic heterocycles. The molecule has 0 saturated heterocycles. The molecule has 0 radical (unpaired) electrons. The first-order valence-corrected chi connectivity index (χ1v) is 3.50. The molecule has 0 fully saturated rings. The highest BCUT2D eigenvalue weighted by Crippen LogP contribution is 2.23. The molecule has 0 amide bonds. The second kappa shape index (κ2) is 3.66. The van der Waals surface area contributed by atoms with E-state index in [9.17, 15) is 14.6 Å². The molecular formula is C8H6N2O3. The van der Waals surface area contributed by atoms with Crippen LogP contribution in [-0.2, 0) is 0 Å². The highest BCUT2D eigenvalue weighted by molar-refractivity contribution is 5.95. The Kier molecular flexibility index (Phi) is 2.59. The number of Topliss-reactive ketones (excluding diaryl/α,β-unsaturated/α-hetero) is 1. The van der Waals surface area contributed by atoms with Crippen molar-refractivity contribution in [1.82, 2.24) is 0 Å². The molecule has 1 aromatic rings. The molecule has 0 aromatic heterocycles. The van der Waals surface area contributed by atoms with E-state index in [0.29, 0.717) is 0 Å². The van der Waals surface area contributed by atoms with Crippen LogP contribution in [0.3, 0.4) is 0 Å². The summed E-state index contributed by atoms with van der Waals surface area (Å²) >= 11 is 0. The van der Waals surface area contributed by atoms with Gasteiger partial charge in [0.1, 0.15) is 11.4 Å². The van der Waals surface area contributed by atoms with E-state index >= 15 is 0 Å². The van der Waals surface area contributed by atoms with Crippen LogP contribution in [0.25, 0.3) is 0 Å². The van der Waals surface area contributed by atoms with Crippen molar-refractivity contribution < 1.29 is 4.79 Å². The van der Waals surface area contributed by atoms with Gasteiger partial charge in [-0.25, -0.2) is 0 Å². The summed E-state index contributed by atoms with van der Waals surface area (Å²) in [5.41, 5.74) is 0.316. The van der Waals surface area contributed by atoms with Crippen LogP contribution in [0.5, 0.6) is 0 Å². The minimum Gasteiger partial charge on any atom is -0.295 e. The molecule has 0 N–H and O–H groups in total. The molecule has 0 spiro atoms. The summed E-state index contributed by atoms with van der Waals surface area (Å²) in [6.07, 6.45) is 0. The smallest absolute Gasteiger partial charge is 0.159 e. The predicted octanol–water partition coefficient (Wildman–Crippen LogP) is 2.69. The van der Waals surface area contributed by atoms with Crippen molar-refractivity contribution in [3.05, 3.63) is 33.6 Å². The van der Waals surface area contributed by atoms with Crippen molar-refractivity contribution in [2.75, 3.05) is 0 Å². The lowest BCUT2D eigenvalue weighted by molar-refractivity contribution is 0.101. The topological polar surface area (TPSA) is 75.9 Å². The number of nitrogens with zero attached hydrogens (tertiary/aromatic N) is 2. The van der Waals surface area contributed by atoms with Gasteiger partial charge in [0.15, 0.2) is 5.78 Å². The van der Waals surface area contributed by atoms with Gasteiger partial charge in [0.05, 0.1) is 0 Å². The van der Waals surface area contributed by atoms with E-state index in [0.717, 1.165) is 0 Å². The van der Waals surface area contributed by atoms with Gasteiger partial charge >= 0.3 is 0 Å². The molecule has 0 aliphatic carbocycles. The lowest BCUT2D eigenvalue weighted by Gasteiger charge is -1.96. The van der Waals surface area contributed by atoms with Gasteiger partial charge in [-0.2, -0.15) is 0 Å². The van der Waals surface area contributed by atoms with Gasteiger partial charge in [-0.15, -0.1) is 9.81 Å². The van der Waals surface area contributed by atoms with Gasteiger partial charge in [0, 0.05) is 5.56 Å². The molecule has 5 heteroatoms. The number of carbonyl (C=O) groups excluding carboxylic acids is 1. The van der Waals surface area contributed by atoms with Crippen LogP contribution in [-0.4, -0.2) is 5.78 Å². The van der Waals surface area contributed by atoms with Crippen molar-refractivity contribution in [2.45, 2.75) is 6.92 Å². The van der Waals surface area contributed by atoms with E-state index in [2.05, 4.69) is 10.4 Å². The van der Waals surface area contributed by atoms with Crippen molar-refractivity contribution >= 4 is 17.2 Å². The molecule has 13 heavy (non-hydrogen) atoms. The third-order valence-corrected chi connectivity index (χ3v) is 1.52. The van der Waals surface area contributed by atoms with Gasteiger partial charge in [-0.3, -0.25) is 4.79 Å². The van der Waals surface area contributed by atoms with Gasteiger partial charge in [-0.1, -0.05) is 0 Å². The van der Waals surface area contributed by atoms with Crippen LogP contribution in [0.15, 0.2) is 28.6 Å². The third kappa shape index (κ3) is 2.02. The quantitative estimate of drug-likeness (QED) is 0.527. The summed E-state index contributed by atoms with van der Waals surface area (Å²) < 4.78 is 0. The Morgan fingerprint density at radius 3 is 1.85 bits per heavy atom. The highest BCUT2D eigenvalue weighted by atomic mass is 16.3. The van der Waals surface area contributed by atoms with Crippen LogP contribution < -0.4 is 0 Å². The molecule has 66 valence electrons. The summed E-state index contributed by atoms with van der Waals surface area (Å²) in [5.74, 6) is -0.240. The van der Waals surface area contributed by atoms with Crippen LogP contribution in [0.2, 0.25) is 0 Å². The maximum absolute atomic E-state index is 10.9. The SMILES string of the molecule is CC(=O)c1cc(N=O)cc(N=O)c1. The van der Waals surface area contributed by atoms with Gasteiger partial charge in [0.2, 0.25) is 0 Å². The first-order valence-electron chi connectivity index (χ1n) is 3.50. The monoisotopic (exact) mass is 178 g/mol. The number of hydrogen-bond acceptors (Lipinski definition) is 5. The first kappa shape index (κ1) is 9.18. The lowest BCUT2D eigenvalue weighted by Crippen LogP contribution is -1.90. The summed E-state index contributed by atoms with van der Waals surface area (Å²) in [4.78, 5) is 31.2. The van der Waals surface area contributed by atoms with Crippen LogP contribution >= 0.6 is 0 Å². The van der Waals surface area contributed by atoms with Crippen LogP contribution in [0, 0.1) is 9.81 Å². The van der Waals surface area contributed by atoms with Crippen molar-refractivity contribution in [2.24, 2.45) is 10.4 Å². The molecule has 0 saturated carbocycles. The molecule has 0 bridgehead atoms. The number of hydrogen-bond donors (Lipinski definition) is 0. The zero-order valence-corrected chi connectivity index (χ0v) is 6.85. The van der Waals surface area contributed by atoms with Crippen molar-refractivity contribution in [3.8, 4) is 0 Å². The Hall–Kier alpha value is -1.91. The number of benzene rings is 1. The second-order valence-corrected chi connectivity index (χ2v) is 2.48. The third-order valence-electron chi connectivity index (χ3n) is 1.52. The zero-order chi connectivity index (χ0) is 9.84. The van der Waals surface area contributed by atoms with E-state index in [4.69, 9.17) is 0 Å². The molecule has 0 unspecified atom stereocenters. The van der Waals surface area contributed by atoms with Gasteiger partial charge in [0.25, 0.3) is 0 Å². The Labute approximate surface area is 73.7 Å². The Morgan fingerprint density at radius 1 is 1.08 bits per heavy atom. The van der Waals surface area contributed by atoms with Crippen LogP contribution in [0.1, 0.15) is 17.3 Å². The van der Waals surface area contributed by atoms with E-state index in [1.54, 1.807) is 0 Å². The lowest BCUT2D eigenvalue weighted by atomic mass is 10.1. The number of ketones is 1. The number of nitroso groups, excluding NO2 is 2. The minimum atomic E-state index is -0.240. The van der Waals surface area contributed by atoms with E-state index in [1.807, 2.05) is 0 Å². The van der Waals surface area contributed by atoms with Crippen molar-refractivity contribution in [1.29, 1.82) is 0 Å². The fraction of sp³-hybridized carbons (Fsp3) is 0.125. The Balaban J connectivity index is 3.30. The minimum absolute atomic E-state index is 0.0299. The fourth-order valence-corrected chi connectivity index (χ4v) is 0.904. The summed E-state index contributed by atoms with van der Waals surface area (Å²) in [7, 11) is 0. The summed E-state index contributed by atoms with van der Waals surface area (Å²) in [6, 6.07) is 3.83. The molecule has 1 rings (SSSR count). The second-order valence-electron chi connectivity index (χ2n) is 2.48. The molecule has 0 aliphatic rings. The number of carbonyl (C=O) groups is 1. The van der Waals surface area contributed by atoms with Crippen LogP contribution in [0.4, 0.5) is 11.4 Å². The maximum atomic E-state index is 10.9. The molecule has 5 nitrogen and oxygen atoms in total. The van der Waals surface area contributed by atoms with E-state index in [1.165, 1.54) is 25.1 Å². The van der Waals surface area contributed by atoms with Gasteiger partial charge < -0.3 is 0 Å². The zero-order valence-electron chi connectivity index (χ0n) is 6.85. The van der Waals surface area contributed by atoms with E-state index in [-0.39, 0.29) is 22.7 Å². The Morgan fingerprint density at radius 2 is 1.54 bits per heavy atom. The number of rotatable bonds is 3. The van der Waals surface area contributed by atoms with Crippen molar-refractivity contribution in [3.63, 3.8) is 0 Å². The average Bonchev–Trinajstić information content (AvgIpc) is 2.16.